The van der Waals surface area contributed by atoms with Crippen LogP contribution in [0.1, 0.15) is 24.6 Å². The van der Waals surface area contributed by atoms with Crippen LogP contribution in [0.4, 0.5) is 0 Å². The second-order valence-electron chi connectivity index (χ2n) is 5.27. The molecule has 0 amide bonds. The molecule has 1 heterocycles. The molecule has 1 aliphatic carbocycles. The minimum Gasteiger partial charge on any atom is -0.232 e. The first-order chi connectivity index (χ1) is 9.79. The Labute approximate surface area is 122 Å². The van der Waals surface area contributed by atoms with Crippen LogP contribution in [0.15, 0.2) is 48.5 Å². The van der Waals surface area contributed by atoms with Crippen molar-refractivity contribution < 1.29 is 0 Å². The Morgan fingerprint density at radius 3 is 2.50 bits per heavy atom. The van der Waals surface area contributed by atoms with Gasteiger partial charge in [0.05, 0.1) is 5.69 Å². The van der Waals surface area contributed by atoms with Crippen LogP contribution in [0.25, 0.3) is 22.0 Å². The minimum atomic E-state index is 0.507. The zero-order valence-electron chi connectivity index (χ0n) is 10.9. The fourth-order valence-corrected chi connectivity index (χ4v) is 2.65. The summed E-state index contributed by atoms with van der Waals surface area (Å²) in [4.78, 5) is 9.02. The van der Waals surface area contributed by atoms with Crippen LogP contribution in [-0.4, -0.2) is 9.97 Å². The molecule has 3 aromatic rings. The second kappa shape index (κ2) is 4.57. The van der Waals surface area contributed by atoms with Gasteiger partial charge in [0.1, 0.15) is 11.0 Å². The van der Waals surface area contributed by atoms with Gasteiger partial charge in [0.15, 0.2) is 0 Å². The van der Waals surface area contributed by atoms with Gasteiger partial charge in [-0.2, -0.15) is 0 Å². The van der Waals surface area contributed by atoms with Crippen LogP contribution in [0, 0.1) is 0 Å². The highest BCUT2D eigenvalue weighted by atomic mass is 35.5. The summed E-state index contributed by atoms with van der Waals surface area (Å²) in [6.45, 7) is 0. The maximum absolute atomic E-state index is 6.14. The predicted octanol–water partition coefficient (Wildman–Crippen LogP) is 4.83. The molecule has 1 aromatic heterocycles. The molecule has 0 saturated heterocycles. The van der Waals surface area contributed by atoms with Crippen LogP contribution in [0.5, 0.6) is 0 Å². The zero-order chi connectivity index (χ0) is 13.5. The summed E-state index contributed by atoms with van der Waals surface area (Å²) in [6, 6.07) is 16.5. The summed E-state index contributed by atoms with van der Waals surface area (Å²) in [5.74, 6) is 1.40. The van der Waals surface area contributed by atoms with E-state index in [1.807, 2.05) is 6.07 Å². The summed E-state index contributed by atoms with van der Waals surface area (Å²) in [6.07, 6.45) is 2.36. The van der Waals surface area contributed by atoms with E-state index >= 15 is 0 Å². The molecule has 0 atom stereocenters. The highest BCUT2D eigenvalue weighted by Gasteiger charge is 2.27. The van der Waals surface area contributed by atoms with Gasteiger partial charge >= 0.3 is 0 Å². The number of fused-ring (bicyclic) bond motifs is 1. The van der Waals surface area contributed by atoms with Crippen molar-refractivity contribution in [3.05, 3.63) is 59.5 Å². The average Bonchev–Trinajstić information content (AvgIpc) is 3.31. The molecule has 0 spiro atoms. The van der Waals surface area contributed by atoms with Crippen molar-refractivity contribution in [3.63, 3.8) is 0 Å². The molecule has 0 bridgehead atoms. The zero-order valence-corrected chi connectivity index (χ0v) is 11.6. The van der Waals surface area contributed by atoms with Crippen molar-refractivity contribution in [3.8, 4) is 11.3 Å². The van der Waals surface area contributed by atoms with Crippen LogP contribution in [0.2, 0.25) is 5.15 Å². The first-order valence-corrected chi connectivity index (χ1v) is 7.21. The molecule has 4 rings (SSSR count). The van der Waals surface area contributed by atoms with E-state index in [-0.39, 0.29) is 0 Å². The minimum absolute atomic E-state index is 0.507. The van der Waals surface area contributed by atoms with E-state index in [0.717, 1.165) is 17.1 Å². The second-order valence-corrected chi connectivity index (χ2v) is 5.66. The fraction of sp³-hybridized carbons (Fsp3) is 0.176. The molecule has 0 N–H and O–H groups in total. The topological polar surface area (TPSA) is 25.8 Å². The fourth-order valence-electron chi connectivity index (χ4n) is 2.46. The van der Waals surface area contributed by atoms with Crippen molar-refractivity contribution in [1.29, 1.82) is 0 Å². The lowest BCUT2D eigenvalue weighted by molar-refractivity contribution is 0.931. The molecule has 2 nitrogen and oxygen atoms in total. The molecule has 2 aromatic carbocycles. The summed E-state index contributed by atoms with van der Waals surface area (Å²) in [5, 5.41) is 2.98. The van der Waals surface area contributed by atoms with Gasteiger partial charge in [0, 0.05) is 17.5 Å². The first kappa shape index (κ1) is 11.9. The largest absolute Gasteiger partial charge is 0.232 e. The lowest BCUT2D eigenvalue weighted by atomic mass is 10.0. The van der Waals surface area contributed by atoms with Gasteiger partial charge in [-0.1, -0.05) is 48.0 Å². The third-order valence-electron chi connectivity index (χ3n) is 3.70. The number of halogens is 1. The normalized spacial score (nSPS) is 14.7. The van der Waals surface area contributed by atoms with Crippen LogP contribution >= 0.6 is 11.6 Å². The molecule has 0 aliphatic heterocycles. The lowest BCUT2D eigenvalue weighted by Crippen LogP contribution is -1.95. The van der Waals surface area contributed by atoms with Crippen LogP contribution < -0.4 is 0 Å². The van der Waals surface area contributed by atoms with Gasteiger partial charge in [-0.05, 0) is 29.7 Å². The average molecular weight is 281 g/mol. The van der Waals surface area contributed by atoms with Gasteiger partial charge in [-0.15, -0.1) is 0 Å². The van der Waals surface area contributed by atoms with E-state index in [1.165, 1.54) is 23.6 Å². The smallest absolute Gasteiger partial charge is 0.133 e. The molecule has 0 unspecified atom stereocenters. The Morgan fingerprint density at radius 2 is 1.70 bits per heavy atom. The van der Waals surface area contributed by atoms with E-state index in [1.54, 1.807) is 0 Å². The van der Waals surface area contributed by atoms with Crippen molar-refractivity contribution >= 4 is 22.4 Å². The van der Waals surface area contributed by atoms with Crippen molar-refractivity contribution in [2.24, 2.45) is 0 Å². The number of nitrogens with zero attached hydrogens (tertiary/aromatic N) is 2. The van der Waals surface area contributed by atoms with Gasteiger partial charge in [0.25, 0.3) is 0 Å². The monoisotopic (exact) mass is 280 g/mol. The number of rotatable bonds is 2. The highest BCUT2D eigenvalue weighted by molar-refractivity contribution is 6.29. The SMILES string of the molecule is Clc1cc(-c2ccc3ccccc3c2)nc(C2CC2)n1. The molecule has 1 fully saturated rings. The molecule has 3 heteroatoms. The summed E-state index contributed by atoms with van der Waals surface area (Å²) < 4.78 is 0. The number of aromatic nitrogens is 2. The molecule has 1 saturated carbocycles. The Hall–Kier alpha value is -1.93. The van der Waals surface area contributed by atoms with Gasteiger partial charge in [-0.25, -0.2) is 9.97 Å². The van der Waals surface area contributed by atoms with E-state index in [9.17, 15) is 0 Å². The molecule has 1 aliphatic rings. The molecular formula is C17H13ClN2. The maximum atomic E-state index is 6.14. The Balaban J connectivity index is 1.85. The van der Waals surface area contributed by atoms with Crippen molar-refractivity contribution in [2.45, 2.75) is 18.8 Å². The van der Waals surface area contributed by atoms with Crippen LogP contribution in [-0.2, 0) is 0 Å². The number of hydrogen-bond donors (Lipinski definition) is 0. The van der Waals surface area contributed by atoms with Crippen molar-refractivity contribution in [1.82, 2.24) is 9.97 Å². The third kappa shape index (κ3) is 2.16. The van der Waals surface area contributed by atoms with Gasteiger partial charge < -0.3 is 0 Å². The standard InChI is InChI=1S/C17H13ClN2/c18-16-10-15(19-17(20-16)12-6-7-12)14-8-5-11-3-1-2-4-13(11)9-14/h1-5,8-10,12H,6-7H2. The molecule has 98 valence electrons. The molecule has 0 radical (unpaired) electrons. The van der Waals surface area contributed by atoms with E-state index in [2.05, 4.69) is 52.4 Å². The quantitative estimate of drug-likeness (QED) is 0.629. The van der Waals surface area contributed by atoms with Crippen LogP contribution in [0.3, 0.4) is 0 Å². The van der Waals surface area contributed by atoms with E-state index in [4.69, 9.17) is 11.6 Å². The highest BCUT2D eigenvalue weighted by Crippen LogP contribution is 2.39. The summed E-state index contributed by atoms with van der Waals surface area (Å²) >= 11 is 6.14. The number of benzene rings is 2. The van der Waals surface area contributed by atoms with E-state index < -0.39 is 0 Å². The summed E-state index contributed by atoms with van der Waals surface area (Å²) in [5.41, 5.74) is 2.01. The van der Waals surface area contributed by atoms with Crippen molar-refractivity contribution in [2.75, 3.05) is 0 Å². The number of hydrogen-bond acceptors (Lipinski definition) is 2. The van der Waals surface area contributed by atoms with E-state index in [0.29, 0.717) is 11.1 Å². The third-order valence-corrected chi connectivity index (χ3v) is 3.89. The van der Waals surface area contributed by atoms with Gasteiger partial charge in [0.2, 0.25) is 0 Å². The lowest BCUT2D eigenvalue weighted by Gasteiger charge is -2.06. The predicted molar refractivity (Wildman–Crippen MR) is 82.0 cm³/mol. The summed E-state index contributed by atoms with van der Waals surface area (Å²) in [7, 11) is 0. The Morgan fingerprint density at radius 1 is 0.900 bits per heavy atom. The first-order valence-electron chi connectivity index (χ1n) is 6.83. The molecule has 20 heavy (non-hydrogen) atoms. The molecular weight excluding hydrogens is 268 g/mol. The maximum Gasteiger partial charge on any atom is 0.133 e. The Kier molecular flexibility index (Phi) is 2.71. The van der Waals surface area contributed by atoms with Gasteiger partial charge in [-0.3, -0.25) is 0 Å². The Bertz CT molecular complexity index is 794.